The molecule has 2 aromatic heterocycles. The molecule has 0 N–H and O–H groups in total. The average Bonchev–Trinajstić information content (AvgIpc) is 2.59. The van der Waals surface area contributed by atoms with Gasteiger partial charge in [-0.1, -0.05) is 11.6 Å². The number of aromatic nitrogens is 4. The summed E-state index contributed by atoms with van der Waals surface area (Å²) in [6, 6.07) is 0. The van der Waals surface area contributed by atoms with Gasteiger partial charge in [0.05, 0.1) is 5.56 Å². The van der Waals surface area contributed by atoms with Crippen LogP contribution in [0.25, 0.3) is 11.5 Å². The molecule has 2 rings (SSSR count). The van der Waals surface area contributed by atoms with Crippen LogP contribution in [0.3, 0.4) is 0 Å². The first-order chi connectivity index (χ1) is 7.61. The highest BCUT2D eigenvalue weighted by molar-refractivity contribution is 6.31. The largest absolute Gasteiger partial charge is 0.337 e. The summed E-state index contributed by atoms with van der Waals surface area (Å²) >= 11 is 5.81. The molecule has 0 unspecified atom stereocenters. The van der Waals surface area contributed by atoms with E-state index in [2.05, 4.69) is 15.0 Å². The summed E-state index contributed by atoms with van der Waals surface area (Å²) in [7, 11) is 1.88. The number of carbonyl (C=O) groups excluding carboxylic acids is 1. The lowest BCUT2D eigenvalue weighted by molar-refractivity contribution is 0.112. The summed E-state index contributed by atoms with van der Waals surface area (Å²) in [4.78, 5) is 22.9. The van der Waals surface area contributed by atoms with Crippen LogP contribution < -0.4 is 0 Å². The molecule has 0 aromatic carbocycles. The van der Waals surface area contributed by atoms with E-state index in [0.717, 1.165) is 5.82 Å². The second kappa shape index (κ2) is 4.02. The van der Waals surface area contributed by atoms with Gasteiger partial charge in [0.25, 0.3) is 0 Å². The van der Waals surface area contributed by atoms with Crippen LogP contribution in [-0.4, -0.2) is 25.8 Å². The minimum atomic E-state index is 0.142. The van der Waals surface area contributed by atoms with E-state index < -0.39 is 0 Å². The van der Waals surface area contributed by atoms with E-state index >= 15 is 0 Å². The standard InChI is InChI=1S/C10H9ClN4O/c1-6-13-8(4-15(6)2)10-12-3-7(5-16)9(11)14-10/h3-5H,1-2H3. The molecule has 0 fully saturated rings. The maximum absolute atomic E-state index is 10.5. The van der Waals surface area contributed by atoms with Crippen molar-refractivity contribution in [2.45, 2.75) is 6.92 Å². The molecule has 0 spiro atoms. The molecule has 0 radical (unpaired) electrons. The lowest BCUT2D eigenvalue weighted by atomic mass is 10.3. The first kappa shape index (κ1) is 10.8. The van der Waals surface area contributed by atoms with E-state index in [4.69, 9.17) is 11.6 Å². The van der Waals surface area contributed by atoms with Gasteiger partial charge in [-0.25, -0.2) is 15.0 Å². The van der Waals surface area contributed by atoms with Gasteiger partial charge in [0.1, 0.15) is 16.7 Å². The monoisotopic (exact) mass is 236 g/mol. The Morgan fingerprint density at radius 2 is 2.19 bits per heavy atom. The normalized spacial score (nSPS) is 10.4. The SMILES string of the molecule is Cc1nc(-c2ncc(C=O)c(Cl)n2)cn1C. The first-order valence-electron chi connectivity index (χ1n) is 4.60. The Labute approximate surface area is 97.1 Å². The van der Waals surface area contributed by atoms with Crippen LogP contribution in [0.5, 0.6) is 0 Å². The quantitative estimate of drug-likeness (QED) is 0.588. The van der Waals surface area contributed by atoms with Crippen molar-refractivity contribution in [1.82, 2.24) is 19.5 Å². The van der Waals surface area contributed by atoms with Crippen molar-refractivity contribution in [2.75, 3.05) is 0 Å². The second-order valence-corrected chi connectivity index (χ2v) is 3.70. The lowest BCUT2D eigenvalue weighted by Gasteiger charge is -1.97. The van der Waals surface area contributed by atoms with E-state index in [9.17, 15) is 4.79 Å². The van der Waals surface area contributed by atoms with Crippen LogP contribution in [0.4, 0.5) is 0 Å². The molecule has 82 valence electrons. The van der Waals surface area contributed by atoms with E-state index in [1.54, 1.807) is 0 Å². The third kappa shape index (κ3) is 1.81. The second-order valence-electron chi connectivity index (χ2n) is 3.34. The van der Waals surface area contributed by atoms with Gasteiger partial charge in [0, 0.05) is 19.4 Å². The van der Waals surface area contributed by atoms with Crippen LogP contribution >= 0.6 is 11.6 Å². The highest BCUT2D eigenvalue weighted by atomic mass is 35.5. The van der Waals surface area contributed by atoms with Crippen LogP contribution in [0.1, 0.15) is 16.2 Å². The Morgan fingerprint density at radius 1 is 1.44 bits per heavy atom. The maximum Gasteiger partial charge on any atom is 0.181 e. The molecular formula is C10H9ClN4O. The van der Waals surface area contributed by atoms with Crippen molar-refractivity contribution in [2.24, 2.45) is 7.05 Å². The molecule has 6 heteroatoms. The van der Waals surface area contributed by atoms with E-state index in [-0.39, 0.29) is 10.7 Å². The van der Waals surface area contributed by atoms with Crippen molar-refractivity contribution < 1.29 is 4.79 Å². The van der Waals surface area contributed by atoms with Crippen molar-refractivity contribution in [3.05, 3.63) is 28.9 Å². The molecule has 0 bridgehead atoms. The van der Waals surface area contributed by atoms with Gasteiger partial charge in [0.2, 0.25) is 0 Å². The predicted octanol–water partition coefficient (Wildman–Crippen LogP) is 1.65. The smallest absolute Gasteiger partial charge is 0.181 e. The fourth-order valence-electron chi connectivity index (χ4n) is 1.24. The number of nitrogens with zero attached hydrogens (tertiary/aromatic N) is 4. The summed E-state index contributed by atoms with van der Waals surface area (Å²) in [5.41, 5.74) is 0.914. The maximum atomic E-state index is 10.5. The zero-order chi connectivity index (χ0) is 11.7. The Hall–Kier alpha value is -1.75. The Morgan fingerprint density at radius 3 is 2.69 bits per heavy atom. The zero-order valence-electron chi connectivity index (χ0n) is 8.81. The van der Waals surface area contributed by atoms with E-state index in [1.165, 1.54) is 6.20 Å². The van der Waals surface area contributed by atoms with Gasteiger partial charge < -0.3 is 4.57 Å². The molecule has 5 nitrogen and oxygen atoms in total. The van der Waals surface area contributed by atoms with Gasteiger partial charge in [0.15, 0.2) is 12.1 Å². The number of aryl methyl sites for hydroxylation is 2. The zero-order valence-corrected chi connectivity index (χ0v) is 9.56. The third-order valence-electron chi connectivity index (χ3n) is 2.23. The van der Waals surface area contributed by atoms with Crippen LogP contribution in [0, 0.1) is 6.92 Å². The third-order valence-corrected chi connectivity index (χ3v) is 2.54. The van der Waals surface area contributed by atoms with Gasteiger partial charge in [-0.05, 0) is 6.92 Å². The Bertz CT molecular complexity index is 530. The first-order valence-corrected chi connectivity index (χ1v) is 4.97. The molecule has 0 aliphatic heterocycles. The predicted molar refractivity (Wildman–Crippen MR) is 59.4 cm³/mol. The molecule has 0 saturated carbocycles. The van der Waals surface area contributed by atoms with Gasteiger partial charge >= 0.3 is 0 Å². The molecule has 16 heavy (non-hydrogen) atoms. The van der Waals surface area contributed by atoms with Crippen LogP contribution in [0.2, 0.25) is 5.15 Å². The highest BCUT2D eigenvalue weighted by Crippen LogP contribution is 2.17. The molecule has 0 amide bonds. The molecule has 2 aromatic rings. The summed E-state index contributed by atoms with van der Waals surface area (Å²) in [5.74, 6) is 1.27. The molecule has 2 heterocycles. The summed E-state index contributed by atoms with van der Waals surface area (Å²) < 4.78 is 1.86. The van der Waals surface area contributed by atoms with Crippen LogP contribution in [0.15, 0.2) is 12.4 Å². The van der Waals surface area contributed by atoms with Crippen molar-refractivity contribution in [1.29, 1.82) is 0 Å². The van der Waals surface area contributed by atoms with Gasteiger partial charge in [-0.3, -0.25) is 4.79 Å². The lowest BCUT2D eigenvalue weighted by Crippen LogP contribution is -1.94. The summed E-state index contributed by atoms with van der Waals surface area (Å²) in [5, 5.41) is 0.142. The van der Waals surface area contributed by atoms with E-state index in [1.807, 2.05) is 24.7 Å². The number of aldehydes is 1. The van der Waals surface area contributed by atoms with E-state index in [0.29, 0.717) is 17.8 Å². The van der Waals surface area contributed by atoms with Gasteiger partial charge in [-0.15, -0.1) is 0 Å². The molecule has 0 aliphatic rings. The molecular weight excluding hydrogens is 228 g/mol. The topological polar surface area (TPSA) is 60.7 Å². The molecule has 0 atom stereocenters. The van der Waals surface area contributed by atoms with Gasteiger partial charge in [-0.2, -0.15) is 0 Å². The number of halogens is 1. The number of carbonyl (C=O) groups is 1. The fraction of sp³-hybridized carbons (Fsp3) is 0.200. The fourth-order valence-corrected chi connectivity index (χ4v) is 1.41. The van der Waals surface area contributed by atoms with Crippen molar-refractivity contribution in [3.8, 4) is 11.5 Å². The number of imidazole rings is 1. The Balaban J connectivity index is 2.48. The average molecular weight is 237 g/mol. The minimum Gasteiger partial charge on any atom is -0.337 e. The highest BCUT2D eigenvalue weighted by Gasteiger charge is 2.09. The number of hydrogen-bond acceptors (Lipinski definition) is 4. The number of hydrogen-bond donors (Lipinski definition) is 0. The number of rotatable bonds is 2. The molecule has 0 saturated heterocycles. The Kier molecular flexibility index (Phi) is 2.70. The van der Waals surface area contributed by atoms with Crippen molar-refractivity contribution >= 4 is 17.9 Å². The minimum absolute atomic E-state index is 0.142. The van der Waals surface area contributed by atoms with Crippen LogP contribution in [-0.2, 0) is 7.05 Å². The summed E-state index contributed by atoms with van der Waals surface area (Å²) in [6.45, 7) is 1.88. The summed E-state index contributed by atoms with van der Waals surface area (Å²) in [6.07, 6.45) is 3.82. The molecule has 0 aliphatic carbocycles. The van der Waals surface area contributed by atoms with Crippen molar-refractivity contribution in [3.63, 3.8) is 0 Å².